The van der Waals surface area contributed by atoms with E-state index in [9.17, 15) is 14.7 Å². The van der Waals surface area contributed by atoms with Crippen LogP contribution in [0.3, 0.4) is 0 Å². The molecule has 5 heteroatoms. The van der Waals surface area contributed by atoms with E-state index in [1.807, 2.05) is 25.1 Å². The second-order valence-corrected chi connectivity index (χ2v) is 7.81. The summed E-state index contributed by atoms with van der Waals surface area (Å²) in [5, 5.41) is 14.1. The Morgan fingerprint density at radius 3 is 2.57 bits per heavy atom. The molecule has 1 fully saturated rings. The van der Waals surface area contributed by atoms with Gasteiger partial charge in [0.1, 0.15) is 6.04 Å². The predicted molar refractivity (Wildman–Crippen MR) is 114 cm³/mol. The van der Waals surface area contributed by atoms with Crippen molar-refractivity contribution in [3.63, 3.8) is 0 Å². The molecule has 0 unspecified atom stereocenters. The number of benzene rings is 1. The molecule has 0 saturated heterocycles. The van der Waals surface area contributed by atoms with Crippen LogP contribution in [0.25, 0.3) is 10.8 Å². The highest BCUT2D eigenvalue weighted by Gasteiger charge is 2.17. The molecular weight excluding hydrogens is 352 g/mol. The van der Waals surface area contributed by atoms with Crippen LogP contribution < -0.4 is 10.9 Å². The third-order valence-electron chi connectivity index (χ3n) is 5.87. The molecular formula is C23H30N2O3. The van der Waals surface area contributed by atoms with Crippen molar-refractivity contribution in [1.82, 2.24) is 4.57 Å². The van der Waals surface area contributed by atoms with Crippen LogP contribution >= 0.6 is 0 Å². The van der Waals surface area contributed by atoms with Crippen LogP contribution in [0.5, 0.6) is 0 Å². The van der Waals surface area contributed by atoms with Gasteiger partial charge in [0.15, 0.2) is 0 Å². The monoisotopic (exact) mass is 382 g/mol. The van der Waals surface area contributed by atoms with Gasteiger partial charge in [-0.15, -0.1) is 0 Å². The number of rotatable bonds is 6. The molecule has 0 radical (unpaired) electrons. The quantitative estimate of drug-likeness (QED) is 0.663. The van der Waals surface area contributed by atoms with E-state index in [2.05, 4.69) is 11.4 Å². The van der Waals surface area contributed by atoms with Crippen LogP contribution in [-0.2, 0) is 4.79 Å². The van der Waals surface area contributed by atoms with E-state index in [0.717, 1.165) is 17.5 Å². The first-order valence-electron chi connectivity index (χ1n) is 10.3. The Morgan fingerprint density at radius 2 is 1.93 bits per heavy atom. The molecule has 1 aliphatic rings. The summed E-state index contributed by atoms with van der Waals surface area (Å²) >= 11 is 0. The topological polar surface area (TPSA) is 71.3 Å². The number of hydrogen-bond acceptors (Lipinski definition) is 3. The average molecular weight is 383 g/mol. The van der Waals surface area contributed by atoms with E-state index in [0.29, 0.717) is 11.3 Å². The fraction of sp³-hybridized carbons (Fsp3) is 0.478. The van der Waals surface area contributed by atoms with Gasteiger partial charge in [-0.05, 0) is 44.4 Å². The number of aliphatic carboxylic acids is 1. The maximum atomic E-state index is 12.8. The van der Waals surface area contributed by atoms with E-state index < -0.39 is 12.0 Å². The Balaban J connectivity index is 1.87. The number of nitrogens with zero attached hydrogens (tertiary/aromatic N) is 1. The maximum absolute atomic E-state index is 12.8. The summed E-state index contributed by atoms with van der Waals surface area (Å²) in [5.41, 5.74) is 1.80. The number of carbonyl (C=O) groups is 1. The summed E-state index contributed by atoms with van der Waals surface area (Å²) in [7, 11) is 0. The van der Waals surface area contributed by atoms with Crippen molar-refractivity contribution < 1.29 is 9.90 Å². The SMILES string of the molecule is C/C=C(/CC1CCCCCC1)Nc1cccc2c(=O)n([C@H](C)C(=O)O)ccc12. The molecule has 0 bridgehead atoms. The van der Waals surface area contributed by atoms with Crippen molar-refractivity contribution in [2.24, 2.45) is 5.92 Å². The molecule has 0 aliphatic heterocycles. The molecule has 1 heterocycles. The number of hydrogen-bond donors (Lipinski definition) is 2. The van der Waals surface area contributed by atoms with Gasteiger partial charge in [0.2, 0.25) is 0 Å². The normalized spacial score (nSPS) is 17.3. The molecule has 0 amide bonds. The summed E-state index contributed by atoms with van der Waals surface area (Å²) in [6.07, 6.45) is 12.6. The largest absolute Gasteiger partial charge is 0.480 e. The van der Waals surface area contributed by atoms with Crippen molar-refractivity contribution >= 4 is 22.4 Å². The Labute approximate surface area is 166 Å². The van der Waals surface area contributed by atoms with Gasteiger partial charge < -0.3 is 15.0 Å². The van der Waals surface area contributed by atoms with Crippen molar-refractivity contribution in [1.29, 1.82) is 0 Å². The van der Waals surface area contributed by atoms with E-state index in [4.69, 9.17) is 0 Å². The van der Waals surface area contributed by atoms with Crippen LogP contribution in [0.2, 0.25) is 0 Å². The van der Waals surface area contributed by atoms with E-state index >= 15 is 0 Å². The van der Waals surface area contributed by atoms with Gasteiger partial charge in [-0.1, -0.05) is 50.7 Å². The molecule has 1 saturated carbocycles. The lowest BCUT2D eigenvalue weighted by Crippen LogP contribution is -2.27. The Kier molecular flexibility index (Phi) is 6.55. The van der Waals surface area contributed by atoms with Gasteiger partial charge in [-0.25, -0.2) is 4.79 Å². The van der Waals surface area contributed by atoms with Crippen LogP contribution in [0, 0.1) is 5.92 Å². The molecule has 2 aromatic rings. The lowest BCUT2D eigenvalue weighted by atomic mass is 9.94. The zero-order valence-electron chi connectivity index (χ0n) is 16.8. The van der Waals surface area contributed by atoms with Gasteiger partial charge >= 0.3 is 5.97 Å². The fourth-order valence-corrected chi connectivity index (χ4v) is 4.12. The maximum Gasteiger partial charge on any atom is 0.326 e. The first-order valence-corrected chi connectivity index (χ1v) is 10.3. The Morgan fingerprint density at radius 1 is 1.21 bits per heavy atom. The van der Waals surface area contributed by atoms with Crippen LogP contribution in [0.1, 0.15) is 64.8 Å². The highest BCUT2D eigenvalue weighted by atomic mass is 16.4. The predicted octanol–water partition coefficient (Wildman–Crippen LogP) is 5.32. The highest BCUT2D eigenvalue weighted by molar-refractivity contribution is 5.94. The standard InChI is InChI=1S/C23H30N2O3/c1-3-18(15-17-9-6-4-5-7-10-17)24-21-12-8-11-20-19(21)13-14-25(22(20)26)16(2)23(27)28/h3,8,11-14,16-17,24H,4-7,9-10,15H2,1-2H3,(H,27,28)/b18-3-/t16-/m1/s1. The smallest absolute Gasteiger partial charge is 0.326 e. The third-order valence-corrected chi connectivity index (χ3v) is 5.87. The number of anilines is 1. The molecule has 5 nitrogen and oxygen atoms in total. The molecule has 0 spiro atoms. The van der Waals surface area contributed by atoms with Crippen LogP contribution in [0.4, 0.5) is 5.69 Å². The van der Waals surface area contributed by atoms with E-state index in [1.165, 1.54) is 55.7 Å². The number of pyridine rings is 1. The Hall–Kier alpha value is -2.56. The molecule has 150 valence electrons. The van der Waals surface area contributed by atoms with Crippen LogP contribution in [0.15, 0.2) is 47.0 Å². The van der Waals surface area contributed by atoms with Crippen molar-refractivity contribution in [2.45, 2.75) is 64.8 Å². The van der Waals surface area contributed by atoms with Crippen LogP contribution in [-0.4, -0.2) is 15.6 Å². The summed E-state index contributed by atoms with van der Waals surface area (Å²) in [5.74, 6) is -0.305. The minimum atomic E-state index is -1.02. The Bertz CT molecular complexity index is 921. The van der Waals surface area contributed by atoms with Crippen molar-refractivity contribution in [2.75, 3.05) is 5.32 Å². The summed E-state index contributed by atoms with van der Waals surface area (Å²) in [6, 6.07) is 6.52. The average Bonchev–Trinajstić information content (AvgIpc) is 2.96. The van der Waals surface area contributed by atoms with Gasteiger partial charge in [0, 0.05) is 28.4 Å². The van der Waals surface area contributed by atoms with E-state index in [-0.39, 0.29) is 5.56 Å². The highest BCUT2D eigenvalue weighted by Crippen LogP contribution is 2.30. The number of aromatic nitrogens is 1. The van der Waals surface area contributed by atoms with Crippen molar-refractivity contribution in [3.8, 4) is 0 Å². The second-order valence-electron chi connectivity index (χ2n) is 7.81. The van der Waals surface area contributed by atoms with Gasteiger partial charge in [-0.2, -0.15) is 0 Å². The molecule has 28 heavy (non-hydrogen) atoms. The minimum absolute atomic E-state index is 0.276. The fourth-order valence-electron chi connectivity index (χ4n) is 4.12. The van der Waals surface area contributed by atoms with Gasteiger partial charge in [0.05, 0.1) is 0 Å². The number of fused-ring (bicyclic) bond motifs is 1. The molecule has 1 atom stereocenters. The molecule has 1 aromatic carbocycles. The number of carboxylic acid groups (broad SMARTS) is 1. The second kappa shape index (κ2) is 9.09. The van der Waals surface area contributed by atoms with Gasteiger partial charge in [-0.3, -0.25) is 4.79 Å². The minimum Gasteiger partial charge on any atom is -0.480 e. The zero-order valence-corrected chi connectivity index (χ0v) is 16.8. The number of nitrogens with one attached hydrogen (secondary N) is 1. The molecule has 1 aromatic heterocycles. The first kappa shape index (κ1) is 20.2. The summed E-state index contributed by atoms with van der Waals surface area (Å²) < 4.78 is 1.27. The third kappa shape index (κ3) is 4.46. The molecule has 1 aliphatic carbocycles. The zero-order chi connectivity index (χ0) is 20.1. The lowest BCUT2D eigenvalue weighted by molar-refractivity contribution is -0.140. The van der Waals surface area contributed by atoms with Crippen molar-refractivity contribution in [3.05, 3.63) is 52.6 Å². The number of carboxylic acids is 1. The van der Waals surface area contributed by atoms with Gasteiger partial charge in [0.25, 0.3) is 5.56 Å². The molecule has 3 rings (SSSR count). The molecule has 2 N–H and O–H groups in total. The van der Waals surface area contributed by atoms with E-state index in [1.54, 1.807) is 12.3 Å². The summed E-state index contributed by atoms with van der Waals surface area (Å²) in [4.78, 5) is 24.1. The first-order chi connectivity index (χ1) is 13.5. The lowest BCUT2D eigenvalue weighted by Gasteiger charge is -2.19. The number of allylic oxidation sites excluding steroid dienone is 2. The summed E-state index contributed by atoms with van der Waals surface area (Å²) in [6.45, 7) is 3.56.